The maximum Gasteiger partial charge on any atom is 0.270 e. The average Bonchev–Trinajstić information content (AvgIpc) is 3.34. The fourth-order valence-electron chi connectivity index (χ4n) is 4.20. The van der Waals surface area contributed by atoms with E-state index in [4.69, 9.17) is 0 Å². The van der Waals surface area contributed by atoms with Crippen molar-refractivity contribution in [3.8, 4) is 0 Å². The van der Waals surface area contributed by atoms with Gasteiger partial charge in [0.1, 0.15) is 10.5 Å². The summed E-state index contributed by atoms with van der Waals surface area (Å²) in [4.78, 5) is 16.7. The van der Waals surface area contributed by atoms with E-state index in [1.165, 1.54) is 16.7 Å². The van der Waals surface area contributed by atoms with E-state index >= 15 is 0 Å². The summed E-state index contributed by atoms with van der Waals surface area (Å²) < 4.78 is 2.22. The molecule has 1 aliphatic rings. The molecule has 3 nitrogen and oxygen atoms in total. The molecule has 1 aliphatic heterocycles. The zero-order valence-corrected chi connectivity index (χ0v) is 16.7. The van der Waals surface area contributed by atoms with Crippen LogP contribution in [0.1, 0.15) is 40.1 Å². The molecule has 0 saturated carbocycles. The summed E-state index contributed by atoms with van der Waals surface area (Å²) in [5.41, 5.74) is 4.63. The van der Waals surface area contributed by atoms with Crippen LogP contribution in [0.3, 0.4) is 0 Å². The zero-order valence-electron chi connectivity index (χ0n) is 15.8. The molecule has 0 unspecified atom stereocenters. The molecule has 0 N–H and O–H groups in total. The molecule has 2 aromatic heterocycles. The summed E-state index contributed by atoms with van der Waals surface area (Å²) in [7, 11) is 0. The normalized spacial score (nSPS) is 14.8. The van der Waals surface area contributed by atoms with Crippen molar-refractivity contribution in [3.05, 3.63) is 94.5 Å². The van der Waals surface area contributed by atoms with Gasteiger partial charge in [-0.3, -0.25) is 4.79 Å². The van der Waals surface area contributed by atoms with Gasteiger partial charge in [0.2, 0.25) is 0 Å². The highest BCUT2D eigenvalue weighted by molar-refractivity contribution is 7.16. The van der Waals surface area contributed by atoms with E-state index < -0.39 is 0 Å². The number of carbonyl (C=O) groups is 1. The monoisotopic (exact) mass is 386 g/mol. The van der Waals surface area contributed by atoms with Crippen molar-refractivity contribution in [2.45, 2.75) is 25.9 Å². The lowest BCUT2D eigenvalue weighted by molar-refractivity contribution is 0.0723. The molecule has 0 bridgehead atoms. The first-order valence-electron chi connectivity index (χ1n) is 9.72. The Morgan fingerprint density at radius 3 is 2.57 bits per heavy atom. The SMILES string of the molecule is C[C@@H](c1ccccc1)n1c(C(=O)N2CCc3ccccc3C2)cc2ccsc21. The van der Waals surface area contributed by atoms with Crippen LogP contribution in [0.15, 0.2) is 72.1 Å². The van der Waals surface area contributed by atoms with Crippen molar-refractivity contribution in [2.24, 2.45) is 0 Å². The van der Waals surface area contributed by atoms with Gasteiger partial charge in [0.15, 0.2) is 0 Å². The molecule has 1 atom stereocenters. The first kappa shape index (κ1) is 17.3. The van der Waals surface area contributed by atoms with Gasteiger partial charge in [-0.25, -0.2) is 0 Å². The van der Waals surface area contributed by atoms with Gasteiger partial charge >= 0.3 is 0 Å². The lowest BCUT2D eigenvalue weighted by Gasteiger charge is -2.30. The van der Waals surface area contributed by atoms with Gasteiger partial charge in [0.05, 0.1) is 6.04 Å². The lowest BCUT2D eigenvalue weighted by Crippen LogP contribution is -2.37. The first-order valence-corrected chi connectivity index (χ1v) is 10.6. The lowest BCUT2D eigenvalue weighted by atomic mass is 9.99. The number of thiophene rings is 1. The topological polar surface area (TPSA) is 25.2 Å². The molecular formula is C24H22N2OS. The third kappa shape index (κ3) is 2.85. The zero-order chi connectivity index (χ0) is 19.1. The summed E-state index contributed by atoms with van der Waals surface area (Å²) >= 11 is 1.70. The predicted molar refractivity (Wildman–Crippen MR) is 115 cm³/mol. The Balaban J connectivity index is 1.54. The van der Waals surface area contributed by atoms with Gasteiger partial charge < -0.3 is 9.47 Å². The van der Waals surface area contributed by atoms with Crippen molar-refractivity contribution >= 4 is 27.5 Å². The number of hydrogen-bond acceptors (Lipinski definition) is 2. The first-order chi connectivity index (χ1) is 13.7. The summed E-state index contributed by atoms with van der Waals surface area (Å²) in [5.74, 6) is 0.126. The highest BCUT2D eigenvalue weighted by Gasteiger charge is 2.27. The van der Waals surface area contributed by atoms with Crippen LogP contribution in [0.4, 0.5) is 0 Å². The van der Waals surface area contributed by atoms with Gasteiger partial charge in [-0.15, -0.1) is 11.3 Å². The molecule has 0 fully saturated rings. The van der Waals surface area contributed by atoms with Gasteiger partial charge in [-0.1, -0.05) is 54.6 Å². The standard InChI is InChI=1S/C24H22N2OS/c1-17(18-7-3-2-4-8-18)26-22(15-20-12-14-28-24(20)26)23(27)25-13-11-19-9-5-6-10-21(19)16-25/h2-10,12,14-15,17H,11,13,16H2,1H3/t17-/m0/s1. The van der Waals surface area contributed by atoms with E-state index in [9.17, 15) is 4.79 Å². The number of hydrogen-bond donors (Lipinski definition) is 0. The van der Waals surface area contributed by atoms with E-state index in [1.54, 1.807) is 11.3 Å². The quantitative estimate of drug-likeness (QED) is 0.456. The van der Waals surface area contributed by atoms with Crippen molar-refractivity contribution in [1.82, 2.24) is 9.47 Å². The second-order valence-electron chi connectivity index (χ2n) is 7.41. The van der Waals surface area contributed by atoms with Crippen LogP contribution in [0, 0.1) is 0 Å². The van der Waals surface area contributed by atoms with E-state index in [0.717, 1.165) is 28.9 Å². The van der Waals surface area contributed by atoms with Crippen LogP contribution in [0.5, 0.6) is 0 Å². The van der Waals surface area contributed by atoms with Gasteiger partial charge in [-0.05, 0) is 47.5 Å². The number of nitrogens with zero attached hydrogens (tertiary/aromatic N) is 2. The molecule has 5 rings (SSSR count). The van der Waals surface area contributed by atoms with Crippen LogP contribution >= 0.6 is 11.3 Å². The molecule has 3 heterocycles. The molecule has 0 radical (unpaired) electrons. The third-order valence-electron chi connectivity index (χ3n) is 5.75. The summed E-state index contributed by atoms with van der Waals surface area (Å²) in [6, 6.07) is 23.1. The molecule has 4 aromatic rings. The highest BCUT2D eigenvalue weighted by Crippen LogP contribution is 2.33. The number of rotatable bonds is 3. The van der Waals surface area contributed by atoms with Gasteiger partial charge in [0, 0.05) is 18.5 Å². The van der Waals surface area contributed by atoms with Crippen LogP contribution in [-0.2, 0) is 13.0 Å². The van der Waals surface area contributed by atoms with Crippen LogP contribution in [0.25, 0.3) is 10.2 Å². The molecule has 0 aliphatic carbocycles. The Labute approximate surface area is 168 Å². The second kappa shape index (κ2) is 6.95. The van der Waals surface area contributed by atoms with E-state index in [2.05, 4.69) is 77.5 Å². The van der Waals surface area contributed by atoms with Crippen molar-refractivity contribution < 1.29 is 4.79 Å². The van der Waals surface area contributed by atoms with E-state index in [-0.39, 0.29) is 11.9 Å². The highest BCUT2D eigenvalue weighted by atomic mass is 32.1. The molecule has 0 spiro atoms. The molecule has 140 valence electrons. The van der Waals surface area contributed by atoms with Crippen LogP contribution in [-0.4, -0.2) is 21.9 Å². The Morgan fingerprint density at radius 1 is 1.00 bits per heavy atom. The Morgan fingerprint density at radius 2 is 1.75 bits per heavy atom. The Bertz CT molecular complexity index is 1140. The minimum Gasteiger partial charge on any atom is -0.333 e. The number of benzene rings is 2. The molecule has 1 amide bonds. The maximum atomic E-state index is 13.5. The largest absolute Gasteiger partial charge is 0.333 e. The van der Waals surface area contributed by atoms with Gasteiger partial charge in [0.25, 0.3) is 5.91 Å². The number of fused-ring (bicyclic) bond motifs is 2. The maximum absolute atomic E-state index is 13.5. The van der Waals surface area contributed by atoms with Gasteiger partial charge in [-0.2, -0.15) is 0 Å². The molecule has 28 heavy (non-hydrogen) atoms. The summed E-state index contributed by atoms with van der Waals surface area (Å²) in [6.07, 6.45) is 0.922. The smallest absolute Gasteiger partial charge is 0.270 e. The molecular weight excluding hydrogens is 364 g/mol. The fraction of sp³-hybridized carbons (Fsp3) is 0.208. The predicted octanol–water partition coefficient (Wildman–Crippen LogP) is 5.51. The fourth-order valence-corrected chi connectivity index (χ4v) is 5.18. The summed E-state index contributed by atoms with van der Waals surface area (Å²) in [5, 5.41) is 3.25. The molecule has 0 saturated heterocycles. The summed E-state index contributed by atoms with van der Waals surface area (Å²) in [6.45, 7) is 3.64. The molecule has 4 heteroatoms. The van der Waals surface area contributed by atoms with Crippen LogP contribution in [0.2, 0.25) is 0 Å². The van der Waals surface area contributed by atoms with E-state index in [1.807, 2.05) is 11.0 Å². The average molecular weight is 387 g/mol. The minimum atomic E-state index is 0.105. The van der Waals surface area contributed by atoms with E-state index in [0.29, 0.717) is 6.54 Å². The van der Waals surface area contributed by atoms with Crippen molar-refractivity contribution in [2.75, 3.05) is 6.54 Å². The van der Waals surface area contributed by atoms with Crippen molar-refractivity contribution in [3.63, 3.8) is 0 Å². The Kier molecular flexibility index (Phi) is 4.29. The number of aromatic nitrogens is 1. The minimum absolute atomic E-state index is 0.105. The second-order valence-corrected chi connectivity index (χ2v) is 8.31. The third-order valence-corrected chi connectivity index (χ3v) is 6.68. The molecule has 2 aromatic carbocycles. The van der Waals surface area contributed by atoms with Crippen LogP contribution < -0.4 is 0 Å². The van der Waals surface area contributed by atoms with Crippen molar-refractivity contribution in [1.29, 1.82) is 0 Å². The number of carbonyl (C=O) groups excluding carboxylic acids is 1. The number of amides is 1. The Hall–Kier alpha value is -2.85.